The normalized spacial score (nSPS) is 13.1. The Bertz CT molecular complexity index is 320. The SMILES string of the molecule is CC(C(N)=S)N(C)Cc1cnn(C)c1. The number of likely N-dealkylation sites (N-methyl/N-ethyl adjacent to an activating group) is 1. The van der Waals surface area contributed by atoms with Gasteiger partial charge in [-0.15, -0.1) is 0 Å². The highest BCUT2D eigenvalue weighted by molar-refractivity contribution is 7.80. The number of nitrogens with two attached hydrogens (primary N) is 1. The molecule has 4 nitrogen and oxygen atoms in total. The maximum absolute atomic E-state index is 5.56. The molecule has 0 amide bonds. The molecule has 1 heterocycles. The zero-order chi connectivity index (χ0) is 10.7. The summed E-state index contributed by atoms with van der Waals surface area (Å²) >= 11 is 4.93. The summed E-state index contributed by atoms with van der Waals surface area (Å²) < 4.78 is 1.79. The molecule has 1 aromatic heterocycles. The van der Waals surface area contributed by atoms with Crippen LogP contribution in [0, 0.1) is 0 Å². The van der Waals surface area contributed by atoms with Crippen molar-refractivity contribution in [3.05, 3.63) is 18.0 Å². The summed E-state index contributed by atoms with van der Waals surface area (Å²) in [6, 6.07) is 0.116. The second-order valence-corrected chi connectivity index (χ2v) is 3.99. The van der Waals surface area contributed by atoms with Crippen LogP contribution in [0.2, 0.25) is 0 Å². The van der Waals surface area contributed by atoms with E-state index in [1.807, 2.05) is 33.4 Å². The fourth-order valence-electron chi connectivity index (χ4n) is 1.20. The topological polar surface area (TPSA) is 47.1 Å². The van der Waals surface area contributed by atoms with Crippen LogP contribution in [0.3, 0.4) is 0 Å². The van der Waals surface area contributed by atoms with Gasteiger partial charge in [-0.3, -0.25) is 9.58 Å². The van der Waals surface area contributed by atoms with Gasteiger partial charge in [-0.2, -0.15) is 5.10 Å². The third-order valence-corrected chi connectivity index (χ3v) is 2.60. The first-order valence-corrected chi connectivity index (χ1v) is 4.88. The van der Waals surface area contributed by atoms with E-state index in [1.165, 1.54) is 0 Å². The second-order valence-electron chi connectivity index (χ2n) is 3.52. The van der Waals surface area contributed by atoms with Gasteiger partial charge in [0.2, 0.25) is 0 Å². The molecule has 0 bridgehead atoms. The van der Waals surface area contributed by atoms with Crippen LogP contribution in [0.25, 0.3) is 0 Å². The fraction of sp³-hybridized carbons (Fsp3) is 0.556. The van der Waals surface area contributed by atoms with Gasteiger partial charge >= 0.3 is 0 Å². The molecule has 0 saturated heterocycles. The molecule has 0 radical (unpaired) electrons. The molecule has 1 rings (SSSR count). The number of hydrogen-bond acceptors (Lipinski definition) is 3. The first-order valence-electron chi connectivity index (χ1n) is 4.47. The van der Waals surface area contributed by atoms with Crippen LogP contribution in [0.4, 0.5) is 0 Å². The molecule has 14 heavy (non-hydrogen) atoms. The number of thiocarbonyl (C=S) groups is 1. The van der Waals surface area contributed by atoms with Crippen molar-refractivity contribution in [2.24, 2.45) is 12.8 Å². The summed E-state index contributed by atoms with van der Waals surface area (Å²) in [7, 11) is 3.90. The number of aryl methyl sites for hydroxylation is 1. The fourth-order valence-corrected chi connectivity index (χ4v) is 1.38. The lowest BCUT2D eigenvalue weighted by Gasteiger charge is -2.22. The van der Waals surface area contributed by atoms with Crippen molar-refractivity contribution in [1.82, 2.24) is 14.7 Å². The van der Waals surface area contributed by atoms with E-state index < -0.39 is 0 Å². The summed E-state index contributed by atoms with van der Waals surface area (Å²) in [6.45, 7) is 2.81. The second kappa shape index (κ2) is 4.52. The third kappa shape index (κ3) is 2.78. The maximum atomic E-state index is 5.56. The lowest BCUT2D eigenvalue weighted by molar-refractivity contribution is 0.304. The van der Waals surface area contributed by atoms with Crippen molar-refractivity contribution < 1.29 is 0 Å². The monoisotopic (exact) mass is 212 g/mol. The van der Waals surface area contributed by atoms with Gasteiger partial charge in [0.05, 0.1) is 17.2 Å². The third-order valence-electron chi connectivity index (χ3n) is 2.26. The Balaban J connectivity index is 2.56. The first kappa shape index (κ1) is 11.1. The largest absolute Gasteiger partial charge is 0.392 e. The quantitative estimate of drug-likeness (QED) is 0.739. The molecule has 0 saturated carbocycles. The van der Waals surface area contributed by atoms with E-state index >= 15 is 0 Å². The summed E-state index contributed by atoms with van der Waals surface area (Å²) in [5, 5.41) is 4.10. The van der Waals surface area contributed by atoms with Gasteiger partial charge in [0.1, 0.15) is 0 Å². The molecular formula is C9H16N4S. The van der Waals surface area contributed by atoms with Crippen molar-refractivity contribution in [2.75, 3.05) is 7.05 Å². The molecule has 0 fully saturated rings. The molecule has 0 spiro atoms. The Morgan fingerprint density at radius 2 is 2.43 bits per heavy atom. The summed E-state index contributed by atoms with van der Waals surface area (Å²) in [5.74, 6) is 0. The molecule has 0 aliphatic rings. The van der Waals surface area contributed by atoms with Crippen LogP contribution in [0.15, 0.2) is 12.4 Å². The van der Waals surface area contributed by atoms with Gasteiger partial charge in [-0.1, -0.05) is 12.2 Å². The lowest BCUT2D eigenvalue weighted by Crippen LogP contribution is -2.38. The molecule has 2 N–H and O–H groups in total. The van der Waals surface area contributed by atoms with Gasteiger partial charge in [-0.25, -0.2) is 0 Å². The Labute approximate surface area is 89.7 Å². The summed E-state index contributed by atoms with van der Waals surface area (Å²) in [6.07, 6.45) is 3.84. The van der Waals surface area contributed by atoms with Crippen LogP contribution in [-0.2, 0) is 13.6 Å². The Kier molecular flexibility index (Phi) is 3.60. The molecular weight excluding hydrogens is 196 g/mol. The van der Waals surface area contributed by atoms with Crippen molar-refractivity contribution in [2.45, 2.75) is 19.5 Å². The number of aromatic nitrogens is 2. The van der Waals surface area contributed by atoms with Crippen LogP contribution >= 0.6 is 12.2 Å². The van der Waals surface area contributed by atoms with E-state index in [2.05, 4.69) is 10.00 Å². The van der Waals surface area contributed by atoms with E-state index in [0.29, 0.717) is 4.99 Å². The molecule has 0 aliphatic carbocycles. The van der Waals surface area contributed by atoms with E-state index in [0.717, 1.165) is 12.1 Å². The summed E-state index contributed by atoms with van der Waals surface area (Å²) in [5.41, 5.74) is 6.73. The first-order chi connectivity index (χ1) is 6.50. The van der Waals surface area contributed by atoms with Gasteiger partial charge in [0.15, 0.2) is 0 Å². The highest BCUT2D eigenvalue weighted by Crippen LogP contribution is 2.04. The molecule has 1 aromatic rings. The Morgan fingerprint density at radius 3 is 2.86 bits per heavy atom. The van der Waals surface area contributed by atoms with E-state index in [9.17, 15) is 0 Å². The molecule has 1 unspecified atom stereocenters. The van der Waals surface area contributed by atoms with Crippen molar-refractivity contribution in [1.29, 1.82) is 0 Å². The predicted molar refractivity (Wildman–Crippen MR) is 60.9 cm³/mol. The van der Waals surface area contributed by atoms with E-state index in [-0.39, 0.29) is 6.04 Å². The number of nitrogens with zero attached hydrogens (tertiary/aromatic N) is 3. The minimum absolute atomic E-state index is 0.116. The highest BCUT2D eigenvalue weighted by atomic mass is 32.1. The zero-order valence-electron chi connectivity index (χ0n) is 8.77. The van der Waals surface area contributed by atoms with Gasteiger partial charge in [0, 0.05) is 25.4 Å². The Hall–Kier alpha value is -0.940. The molecule has 5 heteroatoms. The number of rotatable bonds is 4. The lowest BCUT2D eigenvalue weighted by atomic mass is 10.2. The van der Waals surface area contributed by atoms with Gasteiger partial charge in [0.25, 0.3) is 0 Å². The van der Waals surface area contributed by atoms with Crippen LogP contribution in [-0.4, -0.2) is 32.8 Å². The van der Waals surface area contributed by atoms with Crippen molar-refractivity contribution in [3.63, 3.8) is 0 Å². The van der Waals surface area contributed by atoms with E-state index in [1.54, 1.807) is 4.68 Å². The average molecular weight is 212 g/mol. The minimum atomic E-state index is 0.116. The molecule has 0 aliphatic heterocycles. The van der Waals surface area contributed by atoms with E-state index in [4.69, 9.17) is 18.0 Å². The standard InChI is InChI=1S/C9H16N4S/c1-7(9(10)14)12(2)5-8-4-11-13(3)6-8/h4,6-7H,5H2,1-3H3,(H2,10,14). The van der Waals surface area contributed by atoms with Gasteiger partial charge in [-0.05, 0) is 14.0 Å². The molecule has 1 atom stereocenters. The van der Waals surface area contributed by atoms with Gasteiger partial charge < -0.3 is 5.73 Å². The smallest absolute Gasteiger partial charge is 0.0899 e. The molecule has 78 valence electrons. The zero-order valence-corrected chi connectivity index (χ0v) is 9.58. The highest BCUT2D eigenvalue weighted by Gasteiger charge is 2.12. The number of hydrogen-bond donors (Lipinski definition) is 1. The van der Waals surface area contributed by atoms with Crippen LogP contribution in [0.1, 0.15) is 12.5 Å². The van der Waals surface area contributed by atoms with Crippen molar-refractivity contribution in [3.8, 4) is 0 Å². The van der Waals surface area contributed by atoms with Crippen LogP contribution in [0.5, 0.6) is 0 Å². The molecule has 0 aromatic carbocycles. The predicted octanol–water partition coefficient (Wildman–Crippen LogP) is 0.526. The minimum Gasteiger partial charge on any atom is -0.392 e. The average Bonchev–Trinajstić information content (AvgIpc) is 2.49. The maximum Gasteiger partial charge on any atom is 0.0899 e. The van der Waals surface area contributed by atoms with Crippen molar-refractivity contribution >= 4 is 17.2 Å². The van der Waals surface area contributed by atoms with Crippen LogP contribution < -0.4 is 5.73 Å². The Morgan fingerprint density at radius 1 is 1.79 bits per heavy atom. The summed E-state index contributed by atoms with van der Waals surface area (Å²) in [4.78, 5) is 2.62.